The quantitative estimate of drug-likeness (QED) is 0.130. The molecule has 2 aromatic heterocycles. The Morgan fingerprint density at radius 1 is 1.11 bits per heavy atom. The highest BCUT2D eigenvalue weighted by Gasteiger charge is 2.18. The Labute approximate surface area is 214 Å². The molecular formula is C26H21N5O5S. The zero-order valence-corrected chi connectivity index (χ0v) is 20.5. The Bertz CT molecular complexity index is 1680. The van der Waals surface area contributed by atoms with E-state index < -0.39 is 4.92 Å². The molecule has 0 bridgehead atoms. The van der Waals surface area contributed by atoms with Crippen molar-refractivity contribution in [3.63, 3.8) is 0 Å². The van der Waals surface area contributed by atoms with Gasteiger partial charge in [-0.2, -0.15) is 0 Å². The number of benzene rings is 3. The van der Waals surface area contributed by atoms with Gasteiger partial charge in [0.2, 0.25) is 5.91 Å². The van der Waals surface area contributed by atoms with Gasteiger partial charge in [-0.05, 0) is 49.4 Å². The molecule has 0 saturated heterocycles. The fourth-order valence-corrected chi connectivity index (χ4v) is 4.72. The molecular weight excluding hydrogens is 494 g/mol. The Morgan fingerprint density at radius 2 is 1.84 bits per heavy atom. The van der Waals surface area contributed by atoms with Crippen LogP contribution in [0.5, 0.6) is 5.75 Å². The highest BCUT2D eigenvalue weighted by molar-refractivity contribution is 7.99. The number of nitrogens with zero attached hydrogens (tertiary/aromatic N) is 3. The number of anilines is 1. The molecule has 10 nitrogen and oxygen atoms in total. The number of amides is 1. The van der Waals surface area contributed by atoms with E-state index in [0.717, 1.165) is 22.7 Å². The van der Waals surface area contributed by atoms with Gasteiger partial charge in [0.15, 0.2) is 5.16 Å². The molecule has 0 fully saturated rings. The molecule has 186 valence electrons. The van der Waals surface area contributed by atoms with Crippen LogP contribution in [0.15, 0.2) is 82.7 Å². The van der Waals surface area contributed by atoms with Crippen LogP contribution in [0, 0.1) is 10.1 Å². The lowest BCUT2D eigenvalue weighted by Gasteiger charge is -2.13. The second-order valence-corrected chi connectivity index (χ2v) is 8.94. The van der Waals surface area contributed by atoms with Gasteiger partial charge < -0.3 is 15.0 Å². The number of aromatic nitrogens is 3. The van der Waals surface area contributed by atoms with E-state index in [1.165, 1.54) is 28.8 Å². The molecule has 0 aliphatic heterocycles. The van der Waals surface area contributed by atoms with Crippen LogP contribution in [0.3, 0.4) is 0 Å². The van der Waals surface area contributed by atoms with Crippen molar-refractivity contribution in [1.82, 2.24) is 14.5 Å². The number of ether oxygens (including phenoxy) is 1. The number of hydrogen-bond acceptors (Lipinski definition) is 7. The first kappa shape index (κ1) is 24.1. The van der Waals surface area contributed by atoms with Crippen molar-refractivity contribution in [2.45, 2.75) is 12.1 Å². The number of nitrogens with one attached hydrogen (secondary N) is 2. The summed E-state index contributed by atoms with van der Waals surface area (Å²) in [5.41, 5.74) is 2.35. The third-order valence-corrected chi connectivity index (χ3v) is 6.53. The number of fused-ring (bicyclic) bond motifs is 3. The third kappa shape index (κ3) is 4.89. The van der Waals surface area contributed by atoms with E-state index in [1.807, 2.05) is 31.2 Å². The maximum atomic E-state index is 13.6. The number of para-hydroxylation sites is 1. The zero-order chi connectivity index (χ0) is 25.9. The standard InChI is InChI=1S/C26H21N5O5S/c1-2-36-19-13-11-17(12-14-19)30-25(33)24-23(20-5-3-4-6-21(20)28-24)29-26(30)37-15-22(32)27-16-7-9-18(10-8-16)31(34)35/h3-14,28H,2,15H2,1H3,(H,27,32). The lowest BCUT2D eigenvalue weighted by Crippen LogP contribution is -2.23. The van der Waals surface area contributed by atoms with Gasteiger partial charge in [0.25, 0.3) is 11.2 Å². The van der Waals surface area contributed by atoms with Crippen molar-refractivity contribution in [3.8, 4) is 11.4 Å². The minimum Gasteiger partial charge on any atom is -0.494 e. The molecule has 0 atom stereocenters. The number of thioether (sulfide) groups is 1. The average Bonchev–Trinajstić information content (AvgIpc) is 3.28. The lowest BCUT2D eigenvalue weighted by molar-refractivity contribution is -0.384. The van der Waals surface area contributed by atoms with Gasteiger partial charge in [-0.1, -0.05) is 30.0 Å². The van der Waals surface area contributed by atoms with E-state index in [4.69, 9.17) is 9.72 Å². The fraction of sp³-hybridized carbons (Fsp3) is 0.115. The van der Waals surface area contributed by atoms with Crippen molar-refractivity contribution in [2.75, 3.05) is 17.7 Å². The van der Waals surface area contributed by atoms with Crippen molar-refractivity contribution in [2.24, 2.45) is 0 Å². The maximum absolute atomic E-state index is 13.6. The van der Waals surface area contributed by atoms with Gasteiger partial charge in [-0.3, -0.25) is 24.3 Å². The number of hydrogen-bond donors (Lipinski definition) is 2. The summed E-state index contributed by atoms with van der Waals surface area (Å²) in [6.07, 6.45) is 0. The van der Waals surface area contributed by atoms with Crippen LogP contribution in [0.2, 0.25) is 0 Å². The van der Waals surface area contributed by atoms with Gasteiger partial charge in [-0.25, -0.2) is 4.98 Å². The zero-order valence-electron chi connectivity index (χ0n) is 19.6. The summed E-state index contributed by atoms with van der Waals surface area (Å²) in [5.74, 6) is 0.301. The molecule has 1 amide bonds. The summed E-state index contributed by atoms with van der Waals surface area (Å²) in [6, 6.07) is 20.2. The van der Waals surface area contributed by atoms with Gasteiger partial charge in [0.05, 0.1) is 23.0 Å². The number of carbonyl (C=O) groups is 1. The van der Waals surface area contributed by atoms with E-state index in [1.54, 1.807) is 24.3 Å². The average molecular weight is 516 g/mol. The van der Waals surface area contributed by atoms with Gasteiger partial charge in [-0.15, -0.1) is 0 Å². The maximum Gasteiger partial charge on any atom is 0.283 e. The first-order valence-electron chi connectivity index (χ1n) is 11.4. The molecule has 5 rings (SSSR count). The largest absolute Gasteiger partial charge is 0.494 e. The molecule has 11 heteroatoms. The topological polar surface area (TPSA) is 132 Å². The van der Waals surface area contributed by atoms with Crippen LogP contribution in [0.4, 0.5) is 11.4 Å². The van der Waals surface area contributed by atoms with Crippen LogP contribution < -0.4 is 15.6 Å². The van der Waals surface area contributed by atoms with Crippen LogP contribution in [0.1, 0.15) is 6.92 Å². The van der Waals surface area contributed by atoms with Gasteiger partial charge >= 0.3 is 0 Å². The predicted molar refractivity (Wildman–Crippen MR) is 143 cm³/mol. The number of aromatic amines is 1. The first-order chi connectivity index (χ1) is 17.9. The van der Waals surface area contributed by atoms with Crippen molar-refractivity contribution in [3.05, 3.63) is 93.3 Å². The monoisotopic (exact) mass is 515 g/mol. The van der Waals surface area contributed by atoms with Crippen molar-refractivity contribution in [1.29, 1.82) is 0 Å². The number of carbonyl (C=O) groups excluding carboxylic acids is 1. The molecule has 0 unspecified atom stereocenters. The number of non-ortho nitro benzene ring substituents is 1. The van der Waals surface area contributed by atoms with Crippen LogP contribution in [-0.4, -0.2) is 37.7 Å². The number of nitro groups is 1. The molecule has 0 aliphatic rings. The SMILES string of the molecule is CCOc1ccc(-n2c(SCC(=O)Nc3ccc([N+](=O)[O-])cc3)nc3c([nH]c4ccccc43)c2=O)cc1. The Hall–Kier alpha value is -4.64. The lowest BCUT2D eigenvalue weighted by atomic mass is 10.2. The second-order valence-electron chi connectivity index (χ2n) is 8.00. The molecule has 2 heterocycles. The highest BCUT2D eigenvalue weighted by Crippen LogP contribution is 2.27. The van der Waals surface area contributed by atoms with E-state index in [0.29, 0.717) is 39.9 Å². The number of rotatable bonds is 8. The number of nitro benzene ring substituents is 1. The minimum atomic E-state index is -0.506. The Kier molecular flexibility index (Phi) is 6.60. The third-order valence-electron chi connectivity index (χ3n) is 5.59. The smallest absolute Gasteiger partial charge is 0.283 e. The molecule has 2 N–H and O–H groups in total. The molecule has 0 spiro atoms. The van der Waals surface area contributed by atoms with Crippen LogP contribution >= 0.6 is 11.8 Å². The summed E-state index contributed by atoms with van der Waals surface area (Å²) in [7, 11) is 0. The first-order valence-corrected chi connectivity index (χ1v) is 12.4. The molecule has 0 saturated carbocycles. The van der Waals surface area contributed by atoms with E-state index in [2.05, 4.69) is 10.3 Å². The highest BCUT2D eigenvalue weighted by atomic mass is 32.2. The summed E-state index contributed by atoms with van der Waals surface area (Å²) >= 11 is 1.12. The van der Waals surface area contributed by atoms with Crippen molar-refractivity contribution < 1.29 is 14.5 Å². The summed E-state index contributed by atoms with van der Waals surface area (Å²) in [5, 5.41) is 14.7. The van der Waals surface area contributed by atoms with Gasteiger partial charge in [0, 0.05) is 28.7 Å². The summed E-state index contributed by atoms with van der Waals surface area (Å²) < 4.78 is 6.99. The van der Waals surface area contributed by atoms with Crippen molar-refractivity contribution >= 4 is 51.0 Å². The minimum absolute atomic E-state index is 0.0334. The molecule has 3 aromatic carbocycles. The molecule has 37 heavy (non-hydrogen) atoms. The number of H-pyrrole nitrogens is 1. The Morgan fingerprint density at radius 3 is 2.54 bits per heavy atom. The summed E-state index contributed by atoms with van der Waals surface area (Å²) in [6.45, 7) is 2.41. The van der Waals surface area contributed by atoms with E-state index >= 15 is 0 Å². The normalized spacial score (nSPS) is 11.1. The van der Waals surface area contributed by atoms with Gasteiger partial charge in [0.1, 0.15) is 16.8 Å². The predicted octanol–water partition coefficient (Wildman–Crippen LogP) is 4.90. The second kappa shape index (κ2) is 10.2. The molecule has 0 radical (unpaired) electrons. The Balaban J connectivity index is 1.49. The van der Waals surface area contributed by atoms with Crippen LogP contribution in [0.25, 0.3) is 27.6 Å². The fourth-order valence-electron chi connectivity index (χ4n) is 3.92. The molecule has 0 aliphatic carbocycles. The van der Waals surface area contributed by atoms with Crippen LogP contribution in [-0.2, 0) is 4.79 Å². The van der Waals surface area contributed by atoms with E-state index in [9.17, 15) is 19.7 Å². The van der Waals surface area contributed by atoms with E-state index in [-0.39, 0.29) is 22.9 Å². The summed E-state index contributed by atoms with van der Waals surface area (Å²) in [4.78, 5) is 44.6. The molecule has 5 aromatic rings.